The van der Waals surface area contributed by atoms with E-state index in [-0.39, 0.29) is 0 Å². The average Bonchev–Trinajstić information content (AvgIpc) is 3.08. The molecule has 2 N–H and O–H groups in total. The van der Waals surface area contributed by atoms with E-state index in [4.69, 9.17) is 0 Å². The van der Waals surface area contributed by atoms with Gasteiger partial charge in [0.1, 0.15) is 0 Å². The summed E-state index contributed by atoms with van der Waals surface area (Å²) >= 11 is 0. The molecule has 0 amide bonds. The summed E-state index contributed by atoms with van der Waals surface area (Å²) < 4.78 is 0. The largest absolute Gasteiger partial charge is 0.395 e. The lowest BCUT2D eigenvalue weighted by molar-refractivity contribution is 0.0545. The average molecular weight is 268 g/mol. The molecule has 1 unspecified atom stereocenters. The van der Waals surface area contributed by atoms with Crippen molar-refractivity contribution in [1.82, 2.24) is 10.2 Å². The van der Waals surface area contributed by atoms with Crippen LogP contribution in [0.4, 0.5) is 0 Å². The zero-order valence-corrected chi connectivity index (χ0v) is 12.8. The number of hydrogen-bond donors (Lipinski definition) is 2. The summed E-state index contributed by atoms with van der Waals surface area (Å²) in [4.78, 5) is 2.55. The highest BCUT2D eigenvalue weighted by Gasteiger charge is 2.33. The Hall–Kier alpha value is -0.120. The zero-order valence-electron chi connectivity index (χ0n) is 12.8. The van der Waals surface area contributed by atoms with Crippen molar-refractivity contribution in [2.45, 2.75) is 70.9 Å². The number of aliphatic hydroxyl groups is 1. The summed E-state index contributed by atoms with van der Waals surface area (Å²) in [5.41, 5.74) is 0.363. The van der Waals surface area contributed by atoms with Crippen LogP contribution in [0.5, 0.6) is 0 Å². The van der Waals surface area contributed by atoms with Gasteiger partial charge in [-0.3, -0.25) is 4.90 Å². The Morgan fingerprint density at radius 1 is 1.26 bits per heavy atom. The van der Waals surface area contributed by atoms with Crippen LogP contribution in [-0.4, -0.2) is 48.3 Å². The van der Waals surface area contributed by atoms with Gasteiger partial charge in [0.2, 0.25) is 0 Å². The molecule has 2 aliphatic carbocycles. The Balaban J connectivity index is 1.86. The number of nitrogens with one attached hydrogen (secondary N) is 1. The van der Waals surface area contributed by atoms with Crippen molar-refractivity contribution in [1.29, 1.82) is 0 Å². The lowest BCUT2D eigenvalue weighted by Crippen LogP contribution is -2.49. The number of nitrogens with zero attached hydrogens (tertiary/aromatic N) is 1. The number of rotatable bonds is 10. The summed E-state index contributed by atoms with van der Waals surface area (Å²) in [7, 11) is 0. The van der Waals surface area contributed by atoms with E-state index in [0.717, 1.165) is 31.7 Å². The molecule has 19 heavy (non-hydrogen) atoms. The molecular weight excluding hydrogens is 236 g/mol. The molecule has 2 aliphatic rings. The van der Waals surface area contributed by atoms with Crippen LogP contribution in [0.1, 0.15) is 58.8 Å². The third-order valence-corrected chi connectivity index (χ3v) is 4.81. The Bertz CT molecular complexity index is 263. The fourth-order valence-electron chi connectivity index (χ4n) is 3.27. The second-order valence-electron chi connectivity index (χ2n) is 6.99. The normalized spacial score (nSPS) is 23.4. The van der Waals surface area contributed by atoms with Crippen molar-refractivity contribution in [2.24, 2.45) is 5.41 Å². The smallest absolute Gasteiger partial charge is 0.0558 e. The van der Waals surface area contributed by atoms with E-state index in [9.17, 15) is 5.11 Å². The Morgan fingerprint density at radius 2 is 2.00 bits per heavy atom. The van der Waals surface area contributed by atoms with E-state index in [1.807, 2.05) is 0 Å². The summed E-state index contributed by atoms with van der Waals surface area (Å²) in [6.45, 7) is 8.15. The number of aliphatic hydroxyl groups excluding tert-OH is 1. The van der Waals surface area contributed by atoms with Gasteiger partial charge in [-0.15, -0.1) is 0 Å². The summed E-state index contributed by atoms with van der Waals surface area (Å²) in [5, 5.41) is 13.0. The fraction of sp³-hybridized carbons (Fsp3) is 1.00. The molecule has 0 radical (unpaired) electrons. The maximum absolute atomic E-state index is 9.30. The molecule has 2 fully saturated rings. The molecule has 0 aromatic heterocycles. The van der Waals surface area contributed by atoms with Crippen LogP contribution in [-0.2, 0) is 0 Å². The van der Waals surface area contributed by atoms with E-state index >= 15 is 0 Å². The maximum Gasteiger partial charge on any atom is 0.0558 e. The summed E-state index contributed by atoms with van der Waals surface area (Å²) in [5.74, 6) is 0. The molecule has 3 heteroatoms. The standard InChI is InChI=1S/C16H32N2O/c1-3-9-16(2,12-17-14-7-8-14)13-18(10-11-19)15-5-4-6-15/h14-15,17,19H,3-13H2,1-2H3. The molecule has 0 saturated heterocycles. The van der Waals surface area contributed by atoms with Gasteiger partial charge in [-0.2, -0.15) is 0 Å². The lowest BCUT2D eigenvalue weighted by atomic mass is 9.82. The van der Waals surface area contributed by atoms with Gasteiger partial charge >= 0.3 is 0 Å². The van der Waals surface area contributed by atoms with Gasteiger partial charge in [-0.1, -0.05) is 26.7 Å². The van der Waals surface area contributed by atoms with Gasteiger partial charge in [-0.05, 0) is 37.5 Å². The minimum Gasteiger partial charge on any atom is -0.395 e. The van der Waals surface area contributed by atoms with Crippen molar-refractivity contribution in [3.05, 3.63) is 0 Å². The van der Waals surface area contributed by atoms with Gasteiger partial charge in [0, 0.05) is 31.7 Å². The van der Waals surface area contributed by atoms with Crippen molar-refractivity contribution < 1.29 is 5.11 Å². The summed E-state index contributed by atoms with van der Waals surface area (Å²) in [6.07, 6.45) is 9.30. The van der Waals surface area contributed by atoms with Gasteiger partial charge in [-0.25, -0.2) is 0 Å². The van der Waals surface area contributed by atoms with Crippen molar-refractivity contribution in [3.63, 3.8) is 0 Å². The lowest BCUT2D eigenvalue weighted by Gasteiger charge is -2.43. The SMILES string of the molecule is CCCC(C)(CNC1CC1)CN(CCO)C1CCC1. The van der Waals surface area contributed by atoms with Crippen LogP contribution < -0.4 is 5.32 Å². The molecule has 0 aliphatic heterocycles. The maximum atomic E-state index is 9.30. The Kier molecular flexibility index (Phi) is 5.67. The van der Waals surface area contributed by atoms with E-state index < -0.39 is 0 Å². The van der Waals surface area contributed by atoms with E-state index in [0.29, 0.717) is 12.0 Å². The number of hydrogen-bond acceptors (Lipinski definition) is 3. The second-order valence-corrected chi connectivity index (χ2v) is 6.99. The molecule has 0 spiro atoms. The van der Waals surface area contributed by atoms with Crippen molar-refractivity contribution >= 4 is 0 Å². The van der Waals surface area contributed by atoms with Crippen LogP contribution >= 0.6 is 0 Å². The van der Waals surface area contributed by atoms with Crippen LogP contribution in [0, 0.1) is 5.41 Å². The first-order valence-electron chi connectivity index (χ1n) is 8.25. The van der Waals surface area contributed by atoms with Crippen LogP contribution in [0.25, 0.3) is 0 Å². The molecule has 0 heterocycles. The van der Waals surface area contributed by atoms with Gasteiger partial charge < -0.3 is 10.4 Å². The molecule has 0 bridgehead atoms. The minimum atomic E-state index is 0.300. The highest BCUT2D eigenvalue weighted by Crippen LogP contribution is 2.31. The summed E-state index contributed by atoms with van der Waals surface area (Å²) in [6, 6.07) is 1.54. The molecule has 1 atom stereocenters. The molecule has 112 valence electrons. The predicted octanol–water partition coefficient (Wildman–Crippen LogP) is 2.39. The minimum absolute atomic E-state index is 0.300. The van der Waals surface area contributed by atoms with Crippen LogP contribution in [0.3, 0.4) is 0 Å². The molecule has 0 aromatic rings. The van der Waals surface area contributed by atoms with Crippen LogP contribution in [0.15, 0.2) is 0 Å². The third kappa shape index (κ3) is 4.73. The first-order valence-corrected chi connectivity index (χ1v) is 8.25. The highest BCUT2D eigenvalue weighted by molar-refractivity contribution is 4.89. The molecule has 0 aromatic carbocycles. The molecule has 2 saturated carbocycles. The van der Waals surface area contributed by atoms with E-state index in [1.165, 1.54) is 44.9 Å². The monoisotopic (exact) mass is 268 g/mol. The van der Waals surface area contributed by atoms with Gasteiger partial charge in [0.05, 0.1) is 6.61 Å². The van der Waals surface area contributed by atoms with Gasteiger partial charge in [0.25, 0.3) is 0 Å². The zero-order chi connectivity index (χ0) is 13.7. The van der Waals surface area contributed by atoms with E-state index in [2.05, 4.69) is 24.1 Å². The Morgan fingerprint density at radius 3 is 2.47 bits per heavy atom. The third-order valence-electron chi connectivity index (χ3n) is 4.81. The predicted molar refractivity (Wildman–Crippen MR) is 80.3 cm³/mol. The second kappa shape index (κ2) is 7.05. The van der Waals surface area contributed by atoms with Gasteiger partial charge in [0.15, 0.2) is 0 Å². The van der Waals surface area contributed by atoms with Crippen LogP contribution in [0.2, 0.25) is 0 Å². The molecular formula is C16H32N2O. The van der Waals surface area contributed by atoms with E-state index in [1.54, 1.807) is 0 Å². The quantitative estimate of drug-likeness (QED) is 0.638. The Labute approximate surface area is 118 Å². The fourth-order valence-corrected chi connectivity index (χ4v) is 3.27. The first kappa shape index (κ1) is 15.3. The molecule has 2 rings (SSSR count). The topological polar surface area (TPSA) is 35.5 Å². The molecule has 3 nitrogen and oxygen atoms in total. The van der Waals surface area contributed by atoms with Crippen molar-refractivity contribution in [3.8, 4) is 0 Å². The van der Waals surface area contributed by atoms with Crippen molar-refractivity contribution in [2.75, 3.05) is 26.2 Å². The first-order chi connectivity index (χ1) is 9.17. The highest BCUT2D eigenvalue weighted by atomic mass is 16.3.